The Morgan fingerprint density at radius 1 is 0.935 bits per heavy atom. The Morgan fingerprint density at radius 2 is 1.52 bits per heavy atom. The average Bonchev–Trinajstić information content (AvgIpc) is 2.61. The van der Waals surface area contributed by atoms with E-state index in [0.29, 0.717) is 6.54 Å². The van der Waals surface area contributed by atoms with E-state index in [0.717, 1.165) is 6.08 Å². The Kier molecular flexibility index (Phi) is 11.8. The van der Waals surface area contributed by atoms with Gasteiger partial charge in [0.1, 0.15) is 6.61 Å². The van der Waals surface area contributed by atoms with Crippen molar-refractivity contribution in [2.75, 3.05) is 39.5 Å². The first kappa shape index (κ1) is 29.4. The number of hydrogen-bond donors (Lipinski definition) is 4. The maximum Gasteiger partial charge on any atom is 0.330 e. The fourth-order valence-corrected chi connectivity index (χ4v) is 4.50. The fraction of sp³-hybridized carbons (Fsp3) is 0.765. The van der Waals surface area contributed by atoms with Crippen molar-refractivity contribution >= 4 is 32.1 Å². The van der Waals surface area contributed by atoms with Crippen molar-refractivity contribution in [3.63, 3.8) is 0 Å². The van der Waals surface area contributed by atoms with Gasteiger partial charge in [0.25, 0.3) is 10.2 Å². The monoisotopic (exact) mass is 486 g/mol. The zero-order valence-electron chi connectivity index (χ0n) is 18.6. The summed E-state index contributed by atoms with van der Waals surface area (Å²) in [5.41, 5.74) is -0.918. The molecule has 0 aromatic rings. The first-order valence-electron chi connectivity index (χ1n) is 9.47. The van der Waals surface area contributed by atoms with Crippen LogP contribution >= 0.6 is 0 Å². The van der Waals surface area contributed by atoms with Crippen molar-refractivity contribution in [3.8, 4) is 0 Å². The van der Waals surface area contributed by atoms with Crippen molar-refractivity contribution < 1.29 is 35.9 Å². The topological polar surface area (TPSA) is 169 Å². The lowest BCUT2D eigenvalue weighted by molar-refractivity contribution is -0.138. The molecule has 0 aliphatic carbocycles. The first-order valence-corrected chi connectivity index (χ1v) is 12.4. The molecular weight excluding hydrogens is 452 g/mol. The minimum atomic E-state index is -4.24. The van der Waals surface area contributed by atoms with Crippen LogP contribution in [0.4, 0.5) is 0 Å². The van der Waals surface area contributed by atoms with Crippen LogP contribution in [0.25, 0.3) is 0 Å². The van der Waals surface area contributed by atoms with Gasteiger partial charge in [-0.25, -0.2) is 13.2 Å². The Labute approximate surface area is 184 Å². The number of carbonyl (C=O) groups is 2. The molecule has 0 aromatic carbocycles. The summed E-state index contributed by atoms with van der Waals surface area (Å²) in [5.74, 6) is -0.876. The molecule has 182 valence electrons. The zero-order valence-corrected chi connectivity index (χ0v) is 20.2. The van der Waals surface area contributed by atoms with Gasteiger partial charge in [-0.3, -0.25) is 4.79 Å². The van der Waals surface area contributed by atoms with Crippen LogP contribution in [0.15, 0.2) is 12.7 Å². The molecule has 0 aliphatic heterocycles. The molecule has 0 fully saturated rings. The minimum Gasteiger partial charge on any atom is -0.461 e. The van der Waals surface area contributed by atoms with Crippen LogP contribution in [-0.2, 0) is 39.3 Å². The molecule has 0 spiro atoms. The molecule has 0 heterocycles. The number of carbonyl (C=O) groups excluding carboxylic acids is 2. The molecule has 0 saturated carbocycles. The SMILES string of the molecule is C=CC(=O)OCCNC(=O)C(C)(C)NCCOCCNS(=O)(=O)NS(=O)(=O)C(C)(C)C. The lowest BCUT2D eigenvalue weighted by Crippen LogP contribution is -2.54. The predicted molar refractivity (Wildman–Crippen MR) is 116 cm³/mol. The molecular formula is C17H34N4O8S2. The fourth-order valence-electron chi connectivity index (χ4n) is 1.76. The third kappa shape index (κ3) is 12.1. The summed E-state index contributed by atoms with van der Waals surface area (Å²) in [7, 11) is -8.30. The van der Waals surface area contributed by atoms with E-state index >= 15 is 0 Å². The molecule has 1 amide bonds. The van der Waals surface area contributed by atoms with E-state index in [2.05, 4.69) is 21.9 Å². The minimum absolute atomic E-state index is 0.000544. The third-order valence-electron chi connectivity index (χ3n) is 3.74. The van der Waals surface area contributed by atoms with Crippen LogP contribution in [-0.4, -0.2) is 78.5 Å². The lowest BCUT2D eigenvalue weighted by atomic mass is 10.0. The molecule has 0 bridgehead atoms. The number of amides is 1. The van der Waals surface area contributed by atoms with Crippen LogP contribution in [0.3, 0.4) is 0 Å². The zero-order chi connectivity index (χ0) is 24.3. The van der Waals surface area contributed by atoms with Crippen molar-refractivity contribution in [3.05, 3.63) is 12.7 Å². The van der Waals surface area contributed by atoms with Gasteiger partial charge in [-0.05, 0) is 34.6 Å². The van der Waals surface area contributed by atoms with Gasteiger partial charge in [-0.1, -0.05) is 10.7 Å². The van der Waals surface area contributed by atoms with Crippen LogP contribution in [0, 0.1) is 0 Å². The second-order valence-corrected chi connectivity index (χ2v) is 12.1. The number of ether oxygens (including phenoxy) is 2. The van der Waals surface area contributed by atoms with Crippen molar-refractivity contribution in [1.29, 1.82) is 0 Å². The van der Waals surface area contributed by atoms with Crippen molar-refractivity contribution in [2.24, 2.45) is 0 Å². The summed E-state index contributed by atoms with van der Waals surface area (Å²) in [5, 5.41) is 5.61. The number of hydrogen-bond acceptors (Lipinski definition) is 9. The average molecular weight is 487 g/mol. The highest BCUT2D eigenvalue weighted by Crippen LogP contribution is 2.13. The summed E-state index contributed by atoms with van der Waals surface area (Å²) in [6, 6.07) is 0. The standard InChI is InChI=1S/C17H34N4O8S2/c1-7-14(22)29-13-8-18-15(23)17(5,6)19-9-11-28-12-10-20-31(26,27)21-30(24,25)16(2,3)4/h7,19-21H,1,8-13H2,2-6H3,(H,18,23). The van der Waals surface area contributed by atoms with Gasteiger partial charge in [0.2, 0.25) is 15.9 Å². The van der Waals surface area contributed by atoms with Crippen LogP contribution in [0.1, 0.15) is 34.6 Å². The molecule has 12 nitrogen and oxygen atoms in total. The van der Waals surface area contributed by atoms with Gasteiger partial charge in [0, 0.05) is 19.2 Å². The summed E-state index contributed by atoms with van der Waals surface area (Å²) in [6.45, 7) is 11.2. The molecule has 0 saturated heterocycles. The van der Waals surface area contributed by atoms with Gasteiger partial charge in [0.05, 0.1) is 30.0 Å². The highest BCUT2D eigenvalue weighted by Gasteiger charge is 2.33. The molecule has 4 N–H and O–H groups in total. The first-order chi connectivity index (χ1) is 14.0. The molecule has 0 radical (unpaired) electrons. The van der Waals surface area contributed by atoms with E-state index in [1.807, 2.05) is 0 Å². The van der Waals surface area contributed by atoms with Crippen molar-refractivity contribution in [2.45, 2.75) is 44.9 Å². The number of nitrogens with one attached hydrogen (secondary N) is 4. The number of esters is 1. The highest BCUT2D eigenvalue weighted by atomic mass is 32.3. The molecule has 0 atom stereocenters. The summed E-state index contributed by atoms with van der Waals surface area (Å²) < 4.78 is 59.9. The van der Waals surface area contributed by atoms with Gasteiger partial charge >= 0.3 is 5.97 Å². The van der Waals surface area contributed by atoms with Crippen LogP contribution < -0.4 is 19.5 Å². The predicted octanol–water partition coefficient (Wildman–Crippen LogP) is -1.23. The second kappa shape index (κ2) is 12.5. The van der Waals surface area contributed by atoms with E-state index in [-0.39, 0.29) is 38.8 Å². The molecule has 31 heavy (non-hydrogen) atoms. The van der Waals surface area contributed by atoms with E-state index in [4.69, 9.17) is 9.47 Å². The lowest BCUT2D eigenvalue weighted by Gasteiger charge is -2.25. The molecule has 0 aliphatic rings. The highest BCUT2D eigenvalue weighted by molar-refractivity contribution is 8.04. The maximum absolute atomic E-state index is 12.1. The Hall–Kier alpha value is -1.58. The normalized spacial score (nSPS) is 12.9. The van der Waals surface area contributed by atoms with Gasteiger partial charge in [0.15, 0.2) is 0 Å². The van der Waals surface area contributed by atoms with Gasteiger partial charge < -0.3 is 20.1 Å². The largest absolute Gasteiger partial charge is 0.461 e. The summed E-state index contributed by atoms with van der Waals surface area (Å²) in [6.07, 6.45) is 1.03. The number of sulfonamides is 1. The summed E-state index contributed by atoms with van der Waals surface area (Å²) in [4.78, 5) is 23.0. The van der Waals surface area contributed by atoms with Crippen LogP contribution in [0.2, 0.25) is 0 Å². The number of rotatable bonds is 15. The van der Waals surface area contributed by atoms with E-state index < -0.39 is 36.5 Å². The third-order valence-corrected chi connectivity index (χ3v) is 7.70. The van der Waals surface area contributed by atoms with Gasteiger partial charge in [-0.15, -0.1) is 0 Å². The Morgan fingerprint density at radius 3 is 2.06 bits per heavy atom. The van der Waals surface area contributed by atoms with E-state index in [1.54, 1.807) is 18.0 Å². The smallest absolute Gasteiger partial charge is 0.330 e. The van der Waals surface area contributed by atoms with E-state index in [1.165, 1.54) is 20.8 Å². The molecule has 14 heteroatoms. The van der Waals surface area contributed by atoms with Crippen LogP contribution in [0.5, 0.6) is 0 Å². The molecule has 0 rings (SSSR count). The van der Waals surface area contributed by atoms with E-state index in [9.17, 15) is 26.4 Å². The molecule has 0 aromatic heterocycles. The van der Waals surface area contributed by atoms with Crippen molar-refractivity contribution in [1.82, 2.24) is 19.5 Å². The Bertz CT molecular complexity index is 818. The second-order valence-electron chi connectivity index (χ2n) is 7.89. The molecule has 0 unspecified atom stereocenters. The maximum atomic E-state index is 12.1. The van der Waals surface area contributed by atoms with Gasteiger partial charge in [-0.2, -0.15) is 13.1 Å². The quantitative estimate of drug-likeness (QED) is 0.126. The Balaban J connectivity index is 4.11. The summed E-state index contributed by atoms with van der Waals surface area (Å²) >= 11 is 0.